The van der Waals surface area contributed by atoms with E-state index in [1.807, 2.05) is 37.3 Å². The van der Waals surface area contributed by atoms with Crippen LogP contribution in [0.2, 0.25) is 0 Å². The van der Waals surface area contributed by atoms with E-state index in [9.17, 15) is 4.79 Å². The van der Waals surface area contributed by atoms with Crippen LogP contribution in [0.3, 0.4) is 0 Å². The van der Waals surface area contributed by atoms with Gasteiger partial charge in [0, 0.05) is 16.5 Å². The van der Waals surface area contributed by atoms with Gasteiger partial charge in [0.15, 0.2) is 5.13 Å². The van der Waals surface area contributed by atoms with Crippen LogP contribution in [0.5, 0.6) is 0 Å². The van der Waals surface area contributed by atoms with Gasteiger partial charge in [0.25, 0.3) is 0 Å². The van der Waals surface area contributed by atoms with Crippen LogP contribution < -0.4 is 5.32 Å². The predicted molar refractivity (Wildman–Crippen MR) is 88.7 cm³/mol. The summed E-state index contributed by atoms with van der Waals surface area (Å²) in [6, 6.07) is 13.5. The van der Waals surface area contributed by atoms with Gasteiger partial charge < -0.3 is 4.42 Å². The number of amides is 1. The molecule has 1 N–H and O–H groups in total. The second-order valence-corrected chi connectivity index (χ2v) is 5.83. The molecule has 0 saturated heterocycles. The molecule has 1 aromatic carbocycles. The molecule has 110 valence electrons. The normalized spacial score (nSPS) is 11.0. The van der Waals surface area contributed by atoms with Crippen molar-refractivity contribution in [1.29, 1.82) is 0 Å². The van der Waals surface area contributed by atoms with Crippen molar-refractivity contribution in [3.05, 3.63) is 65.4 Å². The van der Waals surface area contributed by atoms with E-state index in [1.165, 1.54) is 17.4 Å². The second-order valence-electron chi connectivity index (χ2n) is 4.63. The van der Waals surface area contributed by atoms with E-state index in [2.05, 4.69) is 10.3 Å². The third kappa shape index (κ3) is 3.32. The van der Waals surface area contributed by atoms with Gasteiger partial charge in [0.2, 0.25) is 5.91 Å². The van der Waals surface area contributed by atoms with Crippen LogP contribution >= 0.6 is 11.3 Å². The molecule has 0 bridgehead atoms. The number of thiazole rings is 1. The van der Waals surface area contributed by atoms with Crippen molar-refractivity contribution in [2.45, 2.75) is 6.92 Å². The Morgan fingerprint density at radius 2 is 2.05 bits per heavy atom. The summed E-state index contributed by atoms with van der Waals surface area (Å²) in [6.07, 6.45) is 4.61. The molecule has 3 aromatic rings. The zero-order valence-corrected chi connectivity index (χ0v) is 12.8. The number of nitrogens with one attached hydrogen (secondary N) is 1. The lowest BCUT2D eigenvalue weighted by molar-refractivity contribution is -0.111. The minimum absolute atomic E-state index is 0.232. The Balaban J connectivity index is 1.72. The molecule has 0 unspecified atom stereocenters. The van der Waals surface area contributed by atoms with Gasteiger partial charge in [-0.15, -0.1) is 11.3 Å². The lowest BCUT2D eigenvalue weighted by Crippen LogP contribution is -2.07. The summed E-state index contributed by atoms with van der Waals surface area (Å²) in [5.74, 6) is 0.403. The van der Waals surface area contributed by atoms with Crippen molar-refractivity contribution in [2.24, 2.45) is 0 Å². The van der Waals surface area contributed by atoms with Crippen LogP contribution in [0.15, 0.2) is 59.2 Å². The number of carbonyl (C=O) groups is 1. The Morgan fingerprint density at radius 1 is 1.23 bits per heavy atom. The number of hydrogen-bond acceptors (Lipinski definition) is 4. The fraction of sp³-hybridized carbons (Fsp3) is 0.0588. The summed E-state index contributed by atoms with van der Waals surface area (Å²) in [6.45, 7) is 1.99. The molecule has 2 aromatic heterocycles. The smallest absolute Gasteiger partial charge is 0.250 e. The van der Waals surface area contributed by atoms with E-state index in [0.717, 1.165) is 16.1 Å². The first-order valence-corrected chi connectivity index (χ1v) is 7.59. The molecule has 0 aliphatic heterocycles. The van der Waals surface area contributed by atoms with Gasteiger partial charge in [-0.1, -0.05) is 30.3 Å². The predicted octanol–water partition coefficient (Wildman–Crippen LogP) is 4.36. The van der Waals surface area contributed by atoms with Crippen molar-refractivity contribution in [3.8, 4) is 11.3 Å². The van der Waals surface area contributed by atoms with Gasteiger partial charge in [-0.25, -0.2) is 4.98 Å². The Kier molecular flexibility index (Phi) is 4.16. The Hall–Kier alpha value is -2.66. The number of aryl methyl sites for hydroxylation is 1. The monoisotopic (exact) mass is 310 g/mol. The van der Waals surface area contributed by atoms with Gasteiger partial charge in [-0.05, 0) is 25.1 Å². The molecule has 0 spiro atoms. The average molecular weight is 310 g/mol. The van der Waals surface area contributed by atoms with E-state index in [4.69, 9.17) is 4.42 Å². The molecule has 0 saturated carbocycles. The van der Waals surface area contributed by atoms with Crippen LogP contribution in [0.25, 0.3) is 17.3 Å². The van der Waals surface area contributed by atoms with E-state index < -0.39 is 0 Å². The third-order valence-electron chi connectivity index (χ3n) is 3.02. The van der Waals surface area contributed by atoms with Gasteiger partial charge in [-0.3, -0.25) is 10.1 Å². The summed E-state index contributed by atoms with van der Waals surface area (Å²) in [4.78, 5) is 17.5. The number of furan rings is 1. The number of carbonyl (C=O) groups excluding carboxylic acids is 1. The van der Waals surface area contributed by atoms with E-state index in [-0.39, 0.29) is 5.91 Å². The standard InChI is InChI=1S/C17H14N2O2S/c1-12-16(13-6-3-2-4-7-13)19-17(22-12)18-15(20)10-9-14-8-5-11-21-14/h2-11H,1H3,(H,18,19,20). The minimum Gasteiger partial charge on any atom is -0.465 e. The average Bonchev–Trinajstić information content (AvgIpc) is 3.16. The lowest BCUT2D eigenvalue weighted by atomic mass is 10.1. The van der Waals surface area contributed by atoms with Crippen LogP contribution in [0, 0.1) is 6.92 Å². The first-order chi connectivity index (χ1) is 10.7. The summed E-state index contributed by atoms with van der Waals surface area (Å²) in [5.41, 5.74) is 1.94. The topological polar surface area (TPSA) is 55.1 Å². The van der Waals surface area contributed by atoms with Crippen molar-refractivity contribution in [2.75, 3.05) is 5.32 Å². The Morgan fingerprint density at radius 3 is 2.77 bits per heavy atom. The maximum Gasteiger partial charge on any atom is 0.250 e. The summed E-state index contributed by atoms with van der Waals surface area (Å²) in [7, 11) is 0. The van der Waals surface area contributed by atoms with Crippen molar-refractivity contribution in [1.82, 2.24) is 4.98 Å². The summed E-state index contributed by atoms with van der Waals surface area (Å²) in [5, 5.41) is 3.36. The van der Waals surface area contributed by atoms with Crippen LogP contribution in [0.1, 0.15) is 10.6 Å². The molecule has 1 amide bonds. The van der Waals surface area contributed by atoms with Crippen LogP contribution in [-0.4, -0.2) is 10.9 Å². The molecule has 0 atom stereocenters. The van der Waals surface area contributed by atoms with Gasteiger partial charge >= 0.3 is 0 Å². The number of anilines is 1. The number of aromatic nitrogens is 1. The van der Waals surface area contributed by atoms with Crippen molar-refractivity contribution < 1.29 is 9.21 Å². The van der Waals surface area contributed by atoms with Gasteiger partial charge in [-0.2, -0.15) is 0 Å². The Labute approximate surface area is 132 Å². The molecular formula is C17H14N2O2S. The highest BCUT2D eigenvalue weighted by Crippen LogP contribution is 2.30. The molecule has 0 aliphatic rings. The maximum atomic E-state index is 11.9. The number of nitrogens with zero attached hydrogens (tertiary/aromatic N) is 1. The number of rotatable bonds is 4. The molecule has 0 radical (unpaired) electrons. The van der Waals surface area contributed by atoms with Crippen LogP contribution in [-0.2, 0) is 4.79 Å². The van der Waals surface area contributed by atoms with Gasteiger partial charge in [0.1, 0.15) is 5.76 Å². The SMILES string of the molecule is Cc1sc(NC(=O)C=Cc2ccco2)nc1-c1ccccc1. The van der Waals surface area contributed by atoms with Crippen molar-refractivity contribution >= 4 is 28.5 Å². The minimum atomic E-state index is -0.232. The molecule has 22 heavy (non-hydrogen) atoms. The molecule has 0 fully saturated rings. The fourth-order valence-electron chi connectivity index (χ4n) is 2.00. The van der Waals surface area contributed by atoms with Gasteiger partial charge in [0.05, 0.1) is 12.0 Å². The highest BCUT2D eigenvalue weighted by atomic mass is 32.1. The zero-order chi connectivity index (χ0) is 15.4. The molecular weight excluding hydrogens is 296 g/mol. The third-order valence-corrected chi connectivity index (χ3v) is 3.90. The molecule has 0 aliphatic carbocycles. The molecule has 2 heterocycles. The summed E-state index contributed by atoms with van der Waals surface area (Å²) >= 11 is 1.46. The number of hydrogen-bond donors (Lipinski definition) is 1. The highest BCUT2D eigenvalue weighted by Gasteiger charge is 2.10. The highest BCUT2D eigenvalue weighted by molar-refractivity contribution is 7.16. The quantitative estimate of drug-likeness (QED) is 0.728. The first kappa shape index (κ1) is 14.3. The lowest BCUT2D eigenvalue weighted by Gasteiger charge is -1.97. The molecule has 5 heteroatoms. The second kappa shape index (κ2) is 6.41. The van der Waals surface area contributed by atoms with E-state index in [0.29, 0.717) is 10.9 Å². The maximum absolute atomic E-state index is 11.9. The zero-order valence-electron chi connectivity index (χ0n) is 11.9. The fourth-order valence-corrected chi connectivity index (χ4v) is 2.84. The Bertz CT molecular complexity index is 789. The molecule has 4 nitrogen and oxygen atoms in total. The molecule has 3 rings (SSSR count). The summed E-state index contributed by atoms with van der Waals surface area (Å²) < 4.78 is 5.14. The van der Waals surface area contributed by atoms with E-state index in [1.54, 1.807) is 24.5 Å². The largest absolute Gasteiger partial charge is 0.465 e. The first-order valence-electron chi connectivity index (χ1n) is 6.78. The van der Waals surface area contributed by atoms with Crippen LogP contribution in [0.4, 0.5) is 5.13 Å². The number of benzene rings is 1. The van der Waals surface area contributed by atoms with Crippen molar-refractivity contribution in [3.63, 3.8) is 0 Å². The van der Waals surface area contributed by atoms with E-state index >= 15 is 0 Å².